The fourth-order valence-electron chi connectivity index (χ4n) is 1.33. The number of likely N-dealkylation sites (N-methyl/N-ethyl adjacent to an activating group) is 2. The van der Waals surface area contributed by atoms with Crippen LogP contribution in [-0.2, 0) is 9.59 Å². The van der Waals surface area contributed by atoms with E-state index in [9.17, 15) is 9.59 Å². The number of allylic oxidation sites excluding steroid dienone is 1. The zero-order valence-electron chi connectivity index (χ0n) is 12.0. The molecule has 6 N–H and O–H groups in total. The molecule has 2 amide bonds. The zero-order valence-corrected chi connectivity index (χ0v) is 11.0. The summed E-state index contributed by atoms with van der Waals surface area (Å²) in [6.07, 6.45) is 3.44. The van der Waals surface area contributed by atoms with Crippen LogP contribution in [0, 0.1) is 0 Å². The first-order valence-electron chi connectivity index (χ1n) is 6.29. The molecule has 0 fully saturated rings. The number of carbonyl (C=O) groups excluding carboxylic acids is 2. The Morgan fingerprint density at radius 3 is 2.39 bits per heavy atom. The fourth-order valence-corrected chi connectivity index (χ4v) is 1.33. The van der Waals surface area contributed by atoms with E-state index in [-0.39, 0.29) is 12.5 Å². The summed E-state index contributed by atoms with van der Waals surface area (Å²) in [5.74, 6) is -0.867. The monoisotopic (exact) mass is 259 g/mol. The van der Waals surface area contributed by atoms with Crippen molar-refractivity contribution in [2.45, 2.75) is 19.0 Å². The molecule has 104 valence electrons. The SMILES string of the molecule is [3H]NC(=O)[C@H](CNC)NC(=O)[C@H](CNC)NC=CC. The molecule has 0 heterocycles. The second kappa shape index (κ2) is 9.43. The third-order valence-electron chi connectivity index (χ3n) is 2.23. The molecule has 0 saturated carbocycles. The van der Waals surface area contributed by atoms with Gasteiger partial charge >= 0.3 is 0 Å². The molecule has 0 saturated heterocycles. The number of hydrogen-bond donors (Lipinski definition) is 5. The van der Waals surface area contributed by atoms with Crippen molar-refractivity contribution in [2.24, 2.45) is 5.73 Å². The van der Waals surface area contributed by atoms with Crippen molar-refractivity contribution < 1.29 is 11.0 Å². The van der Waals surface area contributed by atoms with Gasteiger partial charge in [0.05, 0.1) is 0 Å². The van der Waals surface area contributed by atoms with E-state index in [1.54, 1.807) is 32.1 Å². The van der Waals surface area contributed by atoms with Gasteiger partial charge in [-0.2, -0.15) is 0 Å². The Morgan fingerprint density at radius 2 is 1.89 bits per heavy atom. The standard InChI is InChI=1S/C11H23N5O2/c1-4-5-15-9(7-14-3)11(18)16-8(6-13-2)10(12)17/h4-5,8-9,13-15H,6-7H2,1-3H3,(H2,12,17)(H,16,18)/t8-,9-/m0/s1/i/hT. The van der Waals surface area contributed by atoms with Crippen LogP contribution in [0.25, 0.3) is 0 Å². The van der Waals surface area contributed by atoms with Crippen molar-refractivity contribution >= 4 is 11.8 Å². The normalized spacial score (nSPS) is 14.7. The topological polar surface area (TPSA) is 108 Å². The summed E-state index contributed by atoms with van der Waals surface area (Å²) in [5, 5.41) is 11.2. The molecule has 0 bridgehead atoms. The highest BCUT2D eigenvalue weighted by Crippen LogP contribution is 1.87. The van der Waals surface area contributed by atoms with Crippen LogP contribution in [0.4, 0.5) is 0 Å². The molecule has 2 atom stereocenters. The molecule has 0 aliphatic heterocycles. The maximum absolute atomic E-state index is 12.0. The van der Waals surface area contributed by atoms with Crippen molar-refractivity contribution in [3.05, 3.63) is 12.3 Å². The Bertz CT molecular complexity index is 311. The Balaban J connectivity index is 4.59. The summed E-state index contributed by atoms with van der Waals surface area (Å²) in [5.41, 5.74) is 1.78. The van der Waals surface area contributed by atoms with E-state index < -0.39 is 18.0 Å². The number of hydrogen-bond acceptors (Lipinski definition) is 5. The predicted molar refractivity (Wildman–Crippen MR) is 70.7 cm³/mol. The van der Waals surface area contributed by atoms with Crippen LogP contribution in [0.15, 0.2) is 12.3 Å². The van der Waals surface area contributed by atoms with E-state index in [0.717, 1.165) is 0 Å². The highest BCUT2D eigenvalue weighted by atomic mass is 16.2. The van der Waals surface area contributed by atoms with E-state index in [2.05, 4.69) is 21.3 Å². The largest absolute Gasteiger partial charge is 0.379 e. The van der Waals surface area contributed by atoms with Crippen LogP contribution >= 0.6 is 0 Å². The van der Waals surface area contributed by atoms with Crippen molar-refractivity contribution in [3.8, 4) is 0 Å². The van der Waals surface area contributed by atoms with Gasteiger partial charge in [0.25, 0.3) is 0 Å². The lowest BCUT2D eigenvalue weighted by Gasteiger charge is -2.20. The molecule has 0 aromatic carbocycles. The molecule has 18 heavy (non-hydrogen) atoms. The summed E-state index contributed by atoms with van der Waals surface area (Å²) in [6.45, 7) is 2.51. The lowest BCUT2D eigenvalue weighted by molar-refractivity contribution is -0.128. The van der Waals surface area contributed by atoms with Crippen LogP contribution in [0.3, 0.4) is 0 Å². The summed E-state index contributed by atoms with van der Waals surface area (Å²) < 4.78 is 6.84. The minimum Gasteiger partial charge on any atom is -0.379 e. The molecule has 0 aliphatic carbocycles. The number of nitrogens with one attached hydrogen (secondary N) is 4. The lowest BCUT2D eigenvalue weighted by Crippen LogP contribution is -2.56. The molecule has 0 radical (unpaired) electrons. The van der Waals surface area contributed by atoms with E-state index in [1.807, 2.05) is 6.92 Å². The van der Waals surface area contributed by atoms with Gasteiger partial charge in [-0.05, 0) is 27.2 Å². The quantitative estimate of drug-likeness (QED) is 0.325. The number of rotatable bonds is 9. The van der Waals surface area contributed by atoms with Gasteiger partial charge in [0, 0.05) is 13.1 Å². The molecule has 0 aromatic rings. The molecule has 0 spiro atoms. The van der Waals surface area contributed by atoms with Gasteiger partial charge < -0.3 is 27.0 Å². The summed E-state index contributed by atoms with van der Waals surface area (Å²) in [7, 11) is 3.40. The number of carbonyl (C=O) groups is 2. The zero-order chi connectivity index (χ0) is 14.7. The summed E-state index contributed by atoms with van der Waals surface area (Å²) in [6, 6.07) is -1.26. The highest BCUT2D eigenvalue weighted by molar-refractivity contribution is 5.89. The van der Waals surface area contributed by atoms with Crippen molar-refractivity contribution in [1.82, 2.24) is 21.3 Å². The third kappa shape index (κ3) is 6.21. The Morgan fingerprint density at radius 1 is 1.28 bits per heavy atom. The second-order valence-electron chi connectivity index (χ2n) is 3.76. The number of amides is 2. The van der Waals surface area contributed by atoms with Crippen LogP contribution in [0.5, 0.6) is 0 Å². The van der Waals surface area contributed by atoms with Crippen molar-refractivity contribution in [1.29, 1.82) is 0 Å². The van der Waals surface area contributed by atoms with Gasteiger partial charge in [-0.15, -0.1) is 0 Å². The molecular formula is C11H23N5O2. The molecule has 0 aliphatic rings. The highest BCUT2D eigenvalue weighted by Gasteiger charge is 2.22. The first-order valence-corrected chi connectivity index (χ1v) is 5.79. The third-order valence-corrected chi connectivity index (χ3v) is 2.23. The Hall–Kier alpha value is -1.60. The number of nitrogens with two attached hydrogens (primary N) is 1. The minimum absolute atomic E-state index is 0.256. The molecule has 0 unspecified atom stereocenters. The Kier molecular flexibility index (Phi) is 7.58. The van der Waals surface area contributed by atoms with Gasteiger partial charge in [-0.3, -0.25) is 9.59 Å². The van der Waals surface area contributed by atoms with Crippen LogP contribution in [-0.4, -0.2) is 51.1 Å². The summed E-state index contributed by atoms with van der Waals surface area (Å²) >= 11 is 0. The summed E-state index contributed by atoms with van der Waals surface area (Å²) in [4.78, 5) is 23.5. The molecule has 0 rings (SSSR count). The van der Waals surface area contributed by atoms with E-state index in [1.165, 1.54) is 0 Å². The minimum atomic E-state index is -0.776. The van der Waals surface area contributed by atoms with Crippen LogP contribution in [0.2, 0.25) is 1.41 Å². The van der Waals surface area contributed by atoms with Gasteiger partial charge in [-0.1, -0.05) is 6.08 Å². The maximum Gasteiger partial charge on any atom is 0.244 e. The smallest absolute Gasteiger partial charge is 0.244 e. The van der Waals surface area contributed by atoms with Gasteiger partial charge in [0.15, 0.2) is 1.41 Å². The first-order chi connectivity index (χ1) is 9.10. The van der Waals surface area contributed by atoms with Crippen LogP contribution < -0.4 is 27.0 Å². The number of primary amides is 1. The van der Waals surface area contributed by atoms with Crippen LogP contribution in [0.1, 0.15) is 6.92 Å². The van der Waals surface area contributed by atoms with Gasteiger partial charge in [0.1, 0.15) is 12.1 Å². The predicted octanol–water partition coefficient (Wildman–Crippen LogP) is -2.11. The molecular weight excluding hydrogens is 234 g/mol. The van der Waals surface area contributed by atoms with Gasteiger partial charge in [-0.25, -0.2) is 0 Å². The lowest BCUT2D eigenvalue weighted by atomic mass is 10.2. The molecule has 7 nitrogen and oxygen atoms in total. The van der Waals surface area contributed by atoms with E-state index in [0.29, 0.717) is 6.54 Å². The molecule has 7 heteroatoms. The second-order valence-corrected chi connectivity index (χ2v) is 3.76. The van der Waals surface area contributed by atoms with E-state index in [4.69, 9.17) is 1.41 Å². The average Bonchev–Trinajstić information content (AvgIpc) is 2.41. The van der Waals surface area contributed by atoms with Gasteiger partial charge in [0.2, 0.25) is 11.8 Å². The average molecular weight is 259 g/mol. The Labute approximate surface area is 109 Å². The maximum atomic E-state index is 12.0. The molecule has 0 aromatic heterocycles. The fraction of sp³-hybridized carbons (Fsp3) is 0.636. The first kappa shape index (κ1) is 14.5. The van der Waals surface area contributed by atoms with E-state index >= 15 is 0 Å². The van der Waals surface area contributed by atoms with Crippen molar-refractivity contribution in [2.75, 3.05) is 27.2 Å². The van der Waals surface area contributed by atoms with Crippen molar-refractivity contribution in [3.63, 3.8) is 0 Å².